The van der Waals surface area contributed by atoms with E-state index in [-0.39, 0.29) is 59.1 Å². The Morgan fingerprint density at radius 1 is 1.13 bits per heavy atom. The monoisotopic (exact) mass is 632 g/mol. The number of alkyl halides is 1. The molecule has 0 aliphatic carbocycles. The topological polar surface area (TPSA) is 95.9 Å². The second-order valence-electron chi connectivity index (χ2n) is 13.5. The van der Waals surface area contributed by atoms with Crippen molar-refractivity contribution in [1.29, 1.82) is 0 Å². The second-order valence-corrected chi connectivity index (χ2v) is 13.5. The summed E-state index contributed by atoms with van der Waals surface area (Å²) in [5, 5.41) is 15.8. The van der Waals surface area contributed by atoms with Crippen molar-refractivity contribution < 1.29 is 27.8 Å². The van der Waals surface area contributed by atoms with Crippen molar-refractivity contribution in [2.24, 2.45) is 0 Å². The van der Waals surface area contributed by atoms with Crippen LogP contribution in [0.4, 0.5) is 19.0 Å². The van der Waals surface area contributed by atoms with Crippen LogP contribution in [0.5, 0.6) is 17.6 Å². The van der Waals surface area contributed by atoms with E-state index >= 15 is 8.78 Å². The van der Waals surface area contributed by atoms with Crippen molar-refractivity contribution in [2.75, 3.05) is 37.7 Å². The van der Waals surface area contributed by atoms with Crippen molar-refractivity contribution in [3.8, 4) is 28.9 Å². The van der Waals surface area contributed by atoms with Gasteiger partial charge in [-0.3, -0.25) is 4.90 Å². The number of nitrogens with zero attached hydrogens (tertiary/aromatic N) is 5. The Balaban J connectivity index is 1.24. The fraction of sp³-hybridized carbons (Fsp3) is 0.500. The van der Waals surface area contributed by atoms with Crippen LogP contribution in [0.25, 0.3) is 32.9 Å². The smallest absolute Gasteiger partial charge is 0.319 e. The van der Waals surface area contributed by atoms with Gasteiger partial charge in [0.05, 0.1) is 11.6 Å². The molecule has 4 saturated heterocycles. The number of phenolic OH excluding ortho intramolecular Hbond substituents is 1. The van der Waals surface area contributed by atoms with E-state index in [1.807, 2.05) is 6.92 Å². The average molecular weight is 633 g/mol. The van der Waals surface area contributed by atoms with Crippen LogP contribution in [0, 0.1) is 11.6 Å². The lowest BCUT2D eigenvalue weighted by Crippen LogP contribution is -2.60. The molecule has 240 valence electrons. The highest BCUT2D eigenvalue weighted by Gasteiger charge is 2.50. The van der Waals surface area contributed by atoms with Crippen LogP contribution in [0.1, 0.15) is 44.6 Å². The summed E-state index contributed by atoms with van der Waals surface area (Å²) < 4.78 is 59.3. The summed E-state index contributed by atoms with van der Waals surface area (Å²) in [5.74, 6) is -0.568. The third-order valence-electron chi connectivity index (χ3n) is 10.9. The molecule has 9 rings (SSSR count). The Hall–Kier alpha value is -3.90. The molecular formula is C34H35F3N6O3. The average Bonchev–Trinajstić information content (AvgIpc) is 3.68. The van der Waals surface area contributed by atoms with Crippen LogP contribution < -0.4 is 19.7 Å². The maximum Gasteiger partial charge on any atom is 0.319 e. The second kappa shape index (κ2) is 10.3. The standard InChI is InChI=1S/C34H35F3N6O3/c1-2-21-23(36)6-4-17-10-20(44)11-22(26(17)21)29-28(37)30-27-31(43-14-19-5-7-24(38-19)25(43)15-45-32(27)39-29)41-33(40-30)46-16-34-8-3-9-42(34)13-18(35)12-34/h4,6,10-11,18-19,24-25,38,44H,2-3,5,7-9,12-16H2,1H3/t18-,19+,24-,25+,34+/m1/s1. The summed E-state index contributed by atoms with van der Waals surface area (Å²) in [6.45, 7) is 4.21. The van der Waals surface area contributed by atoms with E-state index in [0.29, 0.717) is 60.1 Å². The molecule has 4 fully saturated rings. The van der Waals surface area contributed by atoms with E-state index in [1.54, 1.807) is 6.07 Å². The fourth-order valence-electron chi connectivity index (χ4n) is 8.84. The summed E-state index contributed by atoms with van der Waals surface area (Å²) in [6.07, 6.45) is 3.62. The van der Waals surface area contributed by atoms with Crippen molar-refractivity contribution in [1.82, 2.24) is 25.2 Å². The number of pyridine rings is 1. The molecule has 0 unspecified atom stereocenters. The number of fused-ring (bicyclic) bond motifs is 7. The number of hydrogen-bond donors (Lipinski definition) is 2. The molecule has 0 amide bonds. The first-order valence-corrected chi connectivity index (χ1v) is 16.3. The number of piperazine rings is 1. The predicted octanol–water partition coefficient (Wildman–Crippen LogP) is 5.05. The number of rotatable bonds is 5. The SMILES string of the molecule is CCc1c(F)ccc2cc(O)cc(-c3nc4c5c(nc(OC[C@@]67CCCN6C[C@H](F)C7)nc5c3F)N3C[C@@H]5CC[C@@H](N5)[C@@H]3CO4)c12. The van der Waals surface area contributed by atoms with E-state index in [2.05, 4.69) is 20.1 Å². The first-order chi connectivity index (χ1) is 22.3. The van der Waals surface area contributed by atoms with E-state index in [1.165, 1.54) is 18.2 Å². The summed E-state index contributed by atoms with van der Waals surface area (Å²) in [6, 6.07) is 6.25. The molecule has 5 aliphatic heterocycles. The van der Waals surface area contributed by atoms with Crippen LogP contribution in [-0.4, -0.2) is 87.6 Å². The molecule has 9 nitrogen and oxygen atoms in total. The van der Waals surface area contributed by atoms with Gasteiger partial charge in [-0.05, 0) is 73.2 Å². The van der Waals surface area contributed by atoms with Crippen molar-refractivity contribution >= 4 is 27.5 Å². The molecule has 7 heterocycles. The Kier molecular flexibility index (Phi) is 6.34. The highest BCUT2D eigenvalue weighted by atomic mass is 19.1. The third kappa shape index (κ3) is 4.18. The first kappa shape index (κ1) is 28.3. The van der Waals surface area contributed by atoms with Gasteiger partial charge in [-0.25, -0.2) is 18.2 Å². The Morgan fingerprint density at radius 2 is 2.02 bits per heavy atom. The molecule has 2 aromatic heterocycles. The minimum Gasteiger partial charge on any atom is -0.508 e. The van der Waals surface area contributed by atoms with Gasteiger partial charge in [0.1, 0.15) is 53.4 Å². The molecule has 5 atom stereocenters. The number of halogens is 3. The van der Waals surface area contributed by atoms with Gasteiger partial charge in [0.2, 0.25) is 5.88 Å². The van der Waals surface area contributed by atoms with Gasteiger partial charge < -0.3 is 24.8 Å². The highest BCUT2D eigenvalue weighted by molar-refractivity contribution is 6.03. The first-order valence-electron chi connectivity index (χ1n) is 16.3. The Labute approximate surface area is 263 Å². The molecule has 12 heteroatoms. The van der Waals surface area contributed by atoms with E-state index in [9.17, 15) is 9.50 Å². The van der Waals surface area contributed by atoms with E-state index in [0.717, 1.165) is 32.2 Å². The molecule has 4 aromatic rings. The molecular weight excluding hydrogens is 597 g/mol. The van der Waals surface area contributed by atoms with Gasteiger partial charge in [0, 0.05) is 37.2 Å². The summed E-state index contributed by atoms with van der Waals surface area (Å²) in [4.78, 5) is 18.6. The Bertz CT molecular complexity index is 1910. The molecule has 0 spiro atoms. The van der Waals surface area contributed by atoms with Gasteiger partial charge in [-0.2, -0.15) is 9.97 Å². The molecule has 46 heavy (non-hydrogen) atoms. The lowest BCUT2D eigenvalue weighted by molar-refractivity contribution is 0.107. The van der Waals surface area contributed by atoms with Crippen LogP contribution >= 0.6 is 0 Å². The summed E-state index contributed by atoms with van der Waals surface area (Å²) in [7, 11) is 0. The molecule has 2 aromatic carbocycles. The lowest BCUT2D eigenvalue weighted by atomic mass is 9.94. The number of hydrogen-bond acceptors (Lipinski definition) is 9. The maximum absolute atomic E-state index is 17.1. The number of benzene rings is 2. The fourth-order valence-corrected chi connectivity index (χ4v) is 8.84. The van der Waals surface area contributed by atoms with Gasteiger partial charge >= 0.3 is 6.01 Å². The van der Waals surface area contributed by atoms with Crippen molar-refractivity contribution in [2.45, 2.75) is 75.3 Å². The zero-order valence-electron chi connectivity index (χ0n) is 25.5. The van der Waals surface area contributed by atoms with Gasteiger partial charge in [-0.1, -0.05) is 13.0 Å². The van der Waals surface area contributed by atoms with Crippen LogP contribution in [0.2, 0.25) is 0 Å². The number of anilines is 1. The van der Waals surface area contributed by atoms with Crippen molar-refractivity contribution in [3.63, 3.8) is 0 Å². The highest BCUT2D eigenvalue weighted by Crippen LogP contribution is 2.45. The molecule has 5 aliphatic rings. The summed E-state index contributed by atoms with van der Waals surface area (Å²) in [5.41, 5.74) is 0.0926. The van der Waals surface area contributed by atoms with Gasteiger partial charge in [0.15, 0.2) is 5.82 Å². The zero-order valence-corrected chi connectivity index (χ0v) is 25.5. The third-order valence-corrected chi connectivity index (χ3v) is 10.9. The predicted molar refractivity (Wildman–Crippen MR) is 166 cm³/mol. The van der Waals surface area contributed by atoms with Crippen LogP contribution in [-0.2, 0) is 6.42 Å². The Morgan fingerprint density at radius 3 is 2.89 bits per heavy atom. The maximum atomic E-state index is 17.1. The number of aromatic nitrogens is 3. The minimum absolute atomic E-state index is 0.0145. The van der Waals surface area contributed by atoms with Gasteiger partial charge in [-0.15, -0.1) is 0 Å². The number of nitrogens with one attached hydrogen (secondary N) is 1. The number of ether oxygens (including phenoxy) is 2. The normalized spacial score (nSPS) is 28.4. The minimum atomic E-state index is -0.913. The molecule has 0 saturated carbocycles. The zero-order chi connectivity index (χ0) is 31.3. The largest absolute Gasteiger partial charge is 0.508 e. The van der Waals surface area contributed by atoms with Gasteiger partial charge in [0.25, 0.3) is 0 Å². The lowest BCUT2D eigenvalue weighted by Gasteiger charge is -2.40. The van der Waals surface area contributed by atoms with E-state index in [4.69, 9.17) is 19.4 Å². The number of aryl methyl sites for hydroxylation is 1. The number of phenols is 1. The van der Waals surface area contributed by atoms with Crippen LogP contribution in [0.3, 0.4) is 0 Å². The van der Waals surface area contributed by atoms with Crippen molar-refractivity contribution in [3.05, 3.63) is 41.5 Å². The quantitative estimate of drug-likeness (QED) is 0.314. The number of aromatic hydroxyl groups is 1. The summed E-state index contributed by atoms with van der Waals surface area (Å²) >= 11 is 0. The molecule has 0 radical (unpaired) electrons. The van der Waals surface area contributed by atoms with E-state index < -0.39 is 23.3 Å². The molecule has 2 bridgehead atoms. The van der Waals surface area contributed by atoms with Crippen LogP contribution in [0.15, 0.2) is 24.3 Å². The molecule has 2 N–H and O–H groups in total.